The lowest BCUT2D eigenvalue weighted by molar-refractivity contribution is 0.574. The van der Waals surface area contributed by atoms with Gasteiger partial charge in [0.15, 0.2) is 0 Å². The number of nitrogens with zero attached hydrogens (tertiary/aromatic N) is 3. The summed E-state index contributed by atoms with van der Waals surface area (Å²) >= 11 is 7.68. The van der Waals surface area contributed by atoms with E-state index in [-0.39, 0.29) is 11.1 Å². The van der Waals surface area contributed by atoms with Gasteiger partial charge in [-0.3, -0.25) is 0 Å². The Labute approximate surface area is 142 Å². The Kier molecular flexibility index (Phi) is 3.91. The number of fused-ring (bicyclic) bond motifs is 1. The number of piperidine rings is 1. The van der Waals surface area contributed by atoms with E-state index >= 15 is 0 Å². The van der Waals surface area contributed by atoms with Gasteiger partial charge in [0.05, 0.1) is 5.39 Å². The molecule has 23 heavy (non-hydrogen) atoms. The van der Waals surface area contributed by atoms with Crippen LogP contribution < -0.4 is 4.90 Å². The molecule has 0 radical (unpaired) electrons. The first-order valence-corrected chi connectivity index (χ1v) is 8.94. The van der Waals surface area contributed by atoms with Crippen LogP contribution in [-0.4, -0.2) is 23.1 Å². The Hall–Kier alpha value is -1.72. The van der Waals surface area contributed by atoms with Gasteiger partial charge in [-0.05, 0) is 48.6 Å². The van der Waals surface area contributed by atoms with Crippen LogP contribution in [0.5, 0.6) is 0 Å². The summed E-state index contributed by atoms with van der Waals surface area (Å²) in [4.78, 5) is 12.1. The Morgan fingerprint density at radius 2 is 1.78 bits per heavy atom. The van der Waals surface area contributed by atoms with E-state index in [0.29, 0.717) is 0 Å². The molecule has 118 valence electrons. The highest BCUT2D eigenvalue weighted by molar-refractivity contribution is 7.17. The second-order valence-electron chi connectivity index (χ2n) is 5.70. The molecule has 6 heteroatoms. The molecule has 0 amide bonds. The molecule has 0 saturated carbocycles. The van der Waals surface area contributed by atoms with E-state index in [1.807, 2.05) is 0 Å². The fourth-order valence-corrected chi connectivity index (χ4v) is 4.23. The molecular formula is C17H15ClFN3S. The maximum atomic E-state index is 13.2. The van der Waals surface area contributed by atoms with E-state index in [0.717, 1.165) is 40.3 Å². The number of benzene rings is 1. The average molecular weight is 348 g/mol. The molecule has 3 heterocycles. The summed E-state index contributed by atoms with van der Waals surface area (Å²) in [6.45, 7) is 1.97. The van der Waals surface area contributed by atoms with Crippen LogP contribution in [0.3, 0.4) is 0 Å². The zero-order valence-corrected chi connectivity index (χ0v) is 14.0. The van der Waals surface area contributed by atoms with Gasteiger partial charge >= 0.3 is 0 Å². The Morgan fingerprint density at radius 3 is 2.52 bits per heavy atom. The first kappa shape index (κ1) is 14.8. The van der Waals surface area contributed by atoms with Crippen LogP contribution >= 0.6 is 22.9 Å². The van der Waals surface area contributed by atoms with Crippen molar-refractivity contribution in [3.63, 3.8) is 0 Å². The lowest BCUT2D eigenvalue weighted by Crippen LogP contribution is -2.30. The van der Waals surface area contributed by atoms with E-state index in [1.165, 1.54) is 31.4 Å². The first-order chi connectivity index (χ1) is 11.2. The Bertz CT molecular complexity index is 841. The van der Waals surface area contributed by atoms with Crippen molar-refractivity contribution in [2.24, 2.45) is 0 Å². The Balaban J connectivity index is 1.90. The molecule has 2 aromatic heterocycles. The van der Waals surface area contributed by atoms with Gasteiger partial charge in [0.25, 0.3) is 0 Å². The minimum Gasteiger partial charge on any atom is -0.356 e. The van der Waals surface area contributed by atoms with E-state index in [2.05, 4.69) is 20.2 Å². The maximum absolute atomic E-state index is 13.2. The van der Waals surface area contributed by atoms with Gasteiger partial charge in [-0.1, -0.05) is 12.1 Å². The summed E-state index contributed by atoms with van der Waals surface area (Å²) in [5, 5.41) is 3.36. The molecular weight excluding hydrogens is 333 g/mol. The van der Waals surface area contributed by atoms with Gasteiger partial charge in [0, 0.05) is 24.0 Å². The van der Waals surface area contributed by atoms with Crippen molar-refractivity contribution in [3.8, 4) is 11.1 Å². The number of rotatable bonds is 2. The van der Waals surface area contributed by atoms with Crippen molar-refractivity contribution < 1.29 is 4.39 Å². The van der Waals surface area contributed by atoms with Crippen molar-refractivity contribution in [1.82, 2.24) is 9.97 Å². The zero-order chi connectivity index (χ0) is 15.8. The van der Waals surface area contributed by atoms with Crippen LogP contribution in [-0.2, 0) is 0 Å². The summed E-state index contributed by atoms with van der Waals surface area (Å²) in [5.74, 6) is 0.670. The van der Waals surface area contributed by atoms with E-state index in [9.17, 15) is 4.39 Å². The number of hydrogen-bond acceptors (Lipinski definition) is 4. The number of anilines is 1. The van der Waals surface area contributed by atoms with Crippen molar-refractivity contribution >= 4 is 39.0 Å². The van der Waals surface area contributed by atoms with Crippen LogP contribution in [0.25, 0.3) is 21.3 Å². The third-order valence-corrected chi connectivity index (χ3v) is 5.24. The molecule has 1 aliphatic heterocycles. The molecule has 0 atom stereocenters. The van der Waals surface area contributed by atoms with Crippen molar-refractivity contribution in [3.05, 3.63) is 40.7 Å². The van der Waals surface area contributed by atoms with Gasteiger partial charge in [-0.15, -0.1) is 11.3 Å². The molecule has 1 saturated heterocycles. The molecule has 1 aliphatic rings. The van der Waals surface area contributed by atoms with Gasteiger partial charge in [0.2, 0.25) is 5.28 Å². The monoisotopic (exact) mass is 347 g/mol. The lowest BCUT2D eigenvalue weighted by atomic mass is 10.0. The second kappa shape index (κ2) is 6.06. The van der Waals surface area contributed by atoms with Crippen LogP contribution in [0.1, 0.15) is 19.3 Å². The summed E-state index contributed by atoms with van der Waals surface area (Å²) < 4.78 is 13.2. The van der Waals surface area contributed by atoms with Crippen molar-refractivity contribution in [1.29, 1.82) is 0 Å². The SMILES string of the molecule is Fc1ccc(-c2csc3nc(Cl)nc(N4CCCCC4)c23)cc1. The molecule has 0 spiro atoms. The number of thiophene rings is 1. The van der Waals surface area contributed by atoms with Gasteiger partial charge in [0.1, 0.15) is 16.5 Å². The Morgan fingerprint density at radius 1 is 1.04 bits per heavy atom. The minimum atomic E-state index is -0.233. The molecule has 0 bridgehead atoms. The van der Waals surface area contributed by atoms with Crippen LogP contribution in [0, 0.1) is 5.82 Å². The quantitative estimate of drug-likeness (QED) is 0.601. The second-order valence-corrected chi connectivity index (χ2v) is 6.90. The number of halogens is 2. The molecule has 1 fully saturated rings. The van der Waals surface area contributed by atoms with Gasteiger partial charge < -0.3 is 4.90 Å². The maximum Gasteiger partial charge on any atom is 0.225 e. The van der Waals surface area contributed by atoms with Crippen LogP contribution in [0.4, 0.5) is 10.2 Å². The topological polar surface area (TPSA) is 29.0 Å². The molecule has 4 rings (SSSR count). The van der Waals surface area contributed by atoms with Gasteiger partial charge in [-0.2, -0.15) is 4.98 Å². The minimum absolute atomic E-state index is 0.233. The number of hydrogen-bond donors (Lipinski definition) is 0. The summed E-state index contributed by atoms with van der Waals surface area (Å²) in [7, 11) is 0. The fraction of sp³-hybridized carbons (Fsp3) is 0.294. The zero-order valence-electron chi connectivity index (χ0n) is 12.4. The summed E-state index contributed by atoms with van der Waals surface area (Å²) in [6.07, 6.45) is 3.59. The highest BCUT2D eigenvalue weighted by Gasteiger charge is 2.20. The summed E-state index contributed by atoms with van der Waals surface area (Å²) in [5.41, 5.74) is 2.02. The fourth-order valence-electron chi connectivity index (χ4n) is 3.07. The molecule has 0 unspecified atom stereocenters. The third kappa shape index (κ3) is 2.79. The number of aromatic nitrogens is 2. The van der Waals surface area contributed by atoms with Crippen molar-refractivity contribution in [2.75, 3.05) is 18.0 Å². The van der Waals surface area contributed by atoms with E-state index in [4.69, 9.17) is 11.6 Å². The van der Waals surface area contributed by atoms with Crippen molar-refractivity contribution in [2.45, 2.75) is 19.3 Å². The average Bonchev–Trinajstić information content (AvgIpc) is 2.99. The highest BCUT2D eigenvalue weighted by Crippen LogP contribution is 2.39. The first-order valence-electron chi connectivity index (χ1n) is 7.68. The van der Waals surface area contributed by atoms with Crippen LogP contribution in [0.15, 0.2) is 29.6 Å². The van der Waals surface area contributed by atoms with Crippen LogP contribution in [0.2, 0.25) is 5.28 Å². The third-order valence-electron chi connectivity index (χ3n) is 4.20. The molecule has 0 N–H and O–H groups in total. The predicted molar refractivity (Wildman–Crippen MR) is 93.9 cm³/mol. The summed E-state index contributed by atoms with van der Waals surface area (Å²) in [6, 6.07) is 6.56. The molecule has 3 nitrogen and oxygen atoms in total. The van der Waals surface area contributed by atoms with E-state index in [1.54, 1.807) is 23.5 Å². The standard InChI is InChI=1S/C17H15ClFN3S/c18-17-20-15(22-8-2-1-3-9-22)14-13(10-23-16(14)21-17)11-4-6-12(19)7-5-11/h4-7,10H,1-3,8-9H2. The highest BCUT2D eigenvalue weighted by atomic mass is 35.5. The van der Waals surface area contributed by atoms with Gasteiger partial charge in [-0.25, -0.2) is 9.37 Å². The molecule has 0 aliphatic carbocycles. The van der Waals surface area contributed by atoms with E-state index < -0.39 is 0 Å². The molecule has 3 aromatic rings. The lowest BCUT2D eigenvalue weighted by Gasteiger charge is -2.28. The largest absolute Gasteiger partial charge is 0.356 e. The molecule has 1 aromatic carbocycles. The predicted octanol–water partition coefficient (Wildman–Crippen LogP) is 5.14. The normalized spacial score (nSPS) is 15.3. The smallest absolute Gasteiger partial charge is 0.225 e.